The van der Waals surface area contributed by atoms with Crippen LogP contribution < -0.4 is 4.90 Å². The molecule has 1 atom stereocenters. The van der Waals surface area contributed by atoms with Gasteiger partial charge in [0.25, 0.3) is 0 Å². The molecule has 0 bridgehead atoms. The first-order valence-corrected chi connectivity index (χ1v) is 7.26. The van der Waals surface area contributed by atoms with E-state index in [2.05, 4.69) is 45.3 Å². The molecule has 0 aliphatic carbocycles. The van der Waals surface area contributed by atoms with Gasteiger partial charge in [0.2, 0.25) is 5.95 Å². The molecule has 1 unspecified atom stereocenters. The molecule has 6 heteroatoms. The number of hydrogen-bond acceptors (Lipinski definition) is 4. The van der Waals surface area contributed by atoms with Gasteiger partial charge in [-0.25, -0.2) is 5.10 Å². The van der Waals surface area contributed by atoms with E-state index >= 15 is 0 Å². The highest BCUT2D eigenvalue weighted by Gasteiger charge is 2.28. The normalized spacial score (nSPS) is 20.0. The van der Waals surface area contributed by atoms with Gasteiger partial charge in [-0.15, -0.1) is 5.10 Å². The summed E-state index contributed by atoms with van der Waals surface area (Å²) >= 11 is 5.24. The van der Waals surface area contributed by atoms with Crippen molar-refractivity contribution in [3.05, 3.63) is 4.77 Å². The van der Waals surface area contributed by atoms with Gasteiger partial charge < -0.3 is 4.90 Å². The van der Waals surface area contributed by atoms with Gasteiger partial charge in [-0.1, -0.05) is 13.8 Å². The summed E-state index contributed by atoms with van der Waals surface area (Å²) in [6.45, 7) is 11.8. The van der Waals surface area contributed by atoms with Gasteiger partial charge in [-0.3, -0.25) is 9.47 Å². The first kappa shape index (κ1) is 13.5. The lowest BCUT2D eigenvalue weighted by molar-refractivity contribution is 0.232. The van der Waals surface area contributed by atoms with Crippen LogP contribution in [0.4, 0.5) is 5.95 Å². The minimum absolute atomic E-state index is 0.649. The number of hydrogen-bond donors (Lipinski definition) is 1. The average Bonchev–Trinajstić information content (AvgIpc) is 2.97. The monoisotopic (exact) mass is 269 g/mol. The molecule has 1 N–H and O–H groups in total. The lowest BCUT2D eigenvalue weighted by Crippen LogP contribution is -2.37. The van der Waals surface area contributed by atoms with E-state index in [4.69, 9.17) is 12.2 Å². The summed E-state index contributed by atoms with van der Waals surface area (Å²) in [5.41, 5.74) is 0. The van der Waals surface area contributed by atoms with Crippen LogP contribution in [0.15, 0.2) is 0 Å². The number of aromatic nitrogens is 3. The molecule has 0 saturated carbocycles. The molecular weight excluding hydrogens is 246 g/mol. The van der Waals surface area contributed by atoms with Crippen molar-refractivity contribution < 1.29 is 0 Å². The van der Waals surface area contributed by atoms with Gasteiger partial charge in [0.1, 0.15) is 0 Å². The Kier molecular flexibility index (Phi) is 4.40. The van der Waals surface area contributed by atoms with Crippen LogP contribution in [0.2, 0.25) is 0 Å². The lowest BCUT2D eigenvalue weighted by Gasteiger charge is -2.26. The Hall–Kier alpha value is -0.880. The van der Waals surface area contributed by atoms with Crippen molar-refractivity contribution in [2.45, 2.75) is 39.8 Å². The molecule has 5 nitrogen and oxygen atoms in total. The summed E-state index contributed by atoms with van der Waals surface area (Å²) in [5.74, 6) is 0.997. The van der Waals surface area contributed by atoms with Crippen molar-refractivity contribution in [3.63, 3.8) is 0 Å². The average molecular weight is 269 g/mol. The maximum Gasteiger partial charge on any atom is 0.225 e. The molecule has 1 aliphatic heterocycles. The summed E-state index contributed by atoms with van der Waals surface area (Å²) in [5, 5.41) is 7.26. The van der Waals surface area contributed by atoms with Crippen LogP contribution in [0.5, 0.6) is 0 Å². The highest BCUT2D eigenvalue weighted by Crippen LogP contribution is 2.21. The van der Waals surface area contributed by atoms with Crippen molar-refractivity contribution in [1.29, 1.82) is 0 Å². The van der Waals surface area contributed by atoms with Crippen molar-refractivity contribution in [3.8, 4) is 0 Å². The van der Waals surface area contributed by atoms with Crippen LogP contribution in [0.1, 0.15) is 27.2 Å². The third-order valence-electron chi connectivity index (χ3n) is 3.83. The smallest absolute Gasteiger partial charge is 0.225 e. The van der Waals surface area contributed by atoms with E-state index in [1.165, 1.54) is 6.42 Å². The summed E-state index contributed by atoms with van der Waals surface area (Å²) in [4.78, 5) is 4.87. The second-order valence-corrected chi connectivity index (χ2v) is 5.07. The fourth-order valence-corrected chi connectivity index (χ4v) is 3.05. The van der Waals surface area contributed by atoms with E-state index in [1.807, 2.05) is 0 Å². The summed E-state index contributed by atoms with van der Waals surface area (Å²) in [6.07, 6.45) is 1.21. The fraction of sp³-hybridized carbons (Fsp3) is 0.833. The Labute approximate surface area is 114 Å². The number of anilines is 1. The van der Waals surface area contributed by atoms with Crippen molar-refractivity contribution in [2.75, 3.05) is 31.1 Å². The molecular formula is C12H23N5S. The maximum absolute atomic E-state index is 5.24. The molecule has 0 spiro atoms. The van der Waals surface area contributed by atoms with E-state index in [1.54, 1.807) is 0 Å². The fourth-order valence-electron chi connectivity index (χ4n) is 2.80. The van der Waals surface area contributed by atoms with Crippen molar-refractivity contribution in [2.24, 2.45) is 0 Å². The maximum atomic E-state index is 5.24. The number of aromatic amines is 1. The Morgan fingerprint density at radius 2 is 2.11 bits per heavy atom. The Balaban J connectivity index is 2.10. The number of nitrogens with zero attached hydrogens (tertiary/aromatic N) is 4. The van der Waals surface area contributed by atoms with Crippen LogP contribution in [-0.2, 0) is 6.54 Å². The SMILES string of the molecule is CCN(CC)C1CCN(c2n[nH]c(=S)n2CC)C1. The van der Waals surface area contributed by atoms with Crippen LogP contribution in [0.3, 0.4) is 0 Å². The summed E-state index contributed by atoms with van der Waals surface area (Å²) in [6, 6.07) is 0.649. The van der Waals surface area contributed by atoms with Crippen LogP contribution in [0, 0.1) is 4.77 Å². The molecule has 1 saturated heterocycles. The largest absolute Gasteiger partial charge is 0.339 e. The summed E-state index contributed by atoms with van der Waals surface area (Å²) < 4.78 is 2.79. The molecule has 0 amide bonds. The zero-order valence-electron chi connectivity index (χ0n) is 11.5. The Morgan fingerprint density at radius 1 is 1.39 bits per heavy atom. The number of likely N-dealkylation sites (N-methyl/N-ethyl adjacent to an activating group) is 1. The van der Waals surface area contributed by atoms with Crippen LogP contribution >= 0.6 is 12.2 Å². The van der Waals surface area contributed by atoms with E-state index in [9.17, 15) is 0 Å². The number of rotatable bonds is 5. The molecule has 1 aromatic heterocycles. The highest BCUT2D eigenvalue weighted by molar-refractivity contribution is 7.71. The Bertz CT molecular complexity index is 434. The lowest BCUT2D eigenvalue weighted by atomic mass is 10.2. The molecule has 1 aromatic rings. The van der Waals surface area contributed by atoms with Crippen molar-refractivity contribution in [1.82, 2.24) is 19.7 Å². The molecule has 2 rings (SSSR count). The van der Waals surface area contributed by atoms with Gasteiger partial charge in [0.05, 0.1) is 0 Å². The minimum Gasteiger partial charge on any atom is -0.339 e. The molecule has 102 valence electrons. The first-order valence-electron chi connectivity index (χ1n) is 6.85. The van der Waals surface area contributed by atoms with Crippen molar-refractivity contribution >= 4 is 18.2 Å². The van der Waals surface area contributed by atoms with E-state index in [0.717, 1.165) is 43.4 Å². The molecule has 0 aromatic carbocycles. The van der Waals surface area contributed by atoms with Gasteiger partial charge in [-0.2, -0.15) is 0 Å². The zero-order chi connectivity index (χ0) is 13.1. The number of nitrogens with one attached hydrogen (secondary N) is 1. The minimum atomic E-state index is 0.649. The molecule has 0 radical (unpaired) electrons. The van der Waals surface area contributed by atoms with E-state index < -0.39 is 0 Å². The predicted octanol–water partition coefficient (Wildman–Crippen LogP) is 1.88. The van der Waals surface area contributed by atoms with Gasteiger partial charge in [0.15, 0.2) is 4.77 Å². The van der Waals surface area contributed by atoms with E-state index in [0.29, 0.717) is 6.04 Å². The van der Waals surface area contributed by atoms with Gasteiger partial charge in [0, 0.05) is 25.7 Å². The van der Waals surface area contributed by atoms with E-state index in [-0.39, 0.29) is 0 Å². The molecule has 18 heavy (non-hydrogen) atoms. The quantitative estimate of drug-likeness (QED) is 0.829. The second-order valence-electron chi connectivity index (χ2n) is 4.68. The standard InChI is InChI=1S/C12H23N5S/c1-4-15(5-2)10-7-8-16(9-10)11-13-14-12(18)17(11)6-3/h10H,4-9H2,1-3H3,(H,14,18). The van der Waals surface area contributed by atoms with Gasteiger partial charge in [-0.05, 0) is 38.7 Å². The molecule has 1 fully saturated rings. The Morgan fingerprint density at radius 3 is 2.72 bits per heavy atom. The van der Waals surface area contributed by atoms with Crippen LogP contribution in [-0.4, -0.2) is 51.9 Å². The molecule has 1 aliphatic rings. The third-order valence-corrected chi connectivity index (χ3v) is 4.14. The van der Waals surface area contributed by atoms with Gasteiger partial charge >= 0.3 is 0 Å². The zero-order valence-corrected chi connectivity index (χ0v) is 12.3. The summed E-state index contributed by atoms with van der Waals surface area (Å²) in [7, 11) is 0. The third kappa shape index (κ3) is 2.44. The predicted molar refractivity (Wildman–Crippen MR) is 76.6 cm³/mol. The second kappa shape index (κ2) is 5.84. The first-order chi connectivity index (χ1) is 8.71. The topological polar surface area (TPSA) is 40.1 Å². The van der Waals surface area contributed by atoms with Crippen LogP contribution in [0.25, 0.3) is 0 Å². The molecule has 2 heterocycles. The highest BCUT2D eigenvalue weighted by atomic mass is 32.1. The number of H-pyrrole nitrogens is 1.